The van der Waals surface area contributed by atoms with Crippen molar-refractivity contribution in [2.45, 2.75) is 13.8 Å². The molecule has 0 radical (unpaired) electrons. The van der Waals surface area contributed by atoms with Crippen LogP contribution in [0.15, 0.2) is 24.5 Å². The molecule has 1 aromatic carbocycles. The van der Waals surface area contributed by atoms with E-state index in [1.165, 1.54) is 6.33 Å². The van der Waals surface area contributed by atoms with Gasteiger partial charge in [0.15, 0.2) is 5.75 Å². The van der Waals surface area contributed by atoms with Crippen LogP contribution in [-0.4, -0.2) is 9.97 Å². The smallest absolute Gasteiger partial charge is 0.223 e. The molecule has 0 saturated heterocycles. The van der Waals surface area contributed by atoms with E-state index in [-0.39, 0.29) is 0 Å². The van der Waals surface area contributed by atoms with Crippen LogP contribution < -0.4 is 10.5 Å². The third kappa shape index (κ3) is 2.65. The lowest BCUT2D eigenvalue weighted by molar-refractivity contribution is 0.460. The highest BCUT2D eigenvalue weighted by molar-refractivity contribution is 6.29. The number of rotatable bonds is 2. The second-order valence-corrected chi connectivity index (χ2v) is 4.17. The van der Waals surface area contributed by atoms with Crippen molar-refractivity contribution >= 4 is 17.3 Å². The SMILES string of the molecule is Cc1cc(C)c(Oc2cc(Cl)ncn2)c(N)c1. The lowest BCUT2D eigenvalue weighted by atomic mass is 10.1. The average Bonchev–Trinajstić information content (AvgIpc) is 2.23. The number of halogens is 1. The maximum Gasteiger partial charge on any atom is 0.223 e. The van der Waals surface area contributed by atoms with E-state index in [9.17, 15) is 0 Å². The van der Waals surface area contributed by atoms with Gasteiger partial charge in [0.1, 0.15) is 11.5 Å². The van der Waals surface area contributed by atoms with Gasteiger partial charge in [0, 0.05) is 6.07 Å². The summed E-state index contributed by atoms with van der Waals surface area (Å²) < 4.78 is 5.62. The highest BCUT2D eigenvalue weighted by Gasteiger charge is 2.08. The Kier molecular flexibility index (Phi) is 3.15. The zero-order valence-electron chi connectivity index (χ0n) is 9.57. The van der Waals surface area contributed by atoms with Crippen LogP contribution in [0.3, 0.4) is 0 Å². The summed E-state index contributed by atoms with van der Waals surface area (Å²) in [4.78, 5) is 7.75. The van der Waals surface area contributed by atoms with Gasteiger partial charge in [0.25, 0.3) is 0 Å². The summed E-state index contributed by atoms with van der Waals surface area (Å²) in [6.45, 7) is 3.91. The molecule has 0 amide bonds. The van der Waals surface area contributed by atoms with E-state index in [1.807, 2.05) is 26.0 Å². The number of nitrogens with zero attached hydrogens (tertiary/aromatic N) is 2. The number of nitrogens with two attached hydrogens (primary N) is 1. The van der Waals surface area contributed by atoms with Crippen molar-refractivity contribution in [3.8, 4) is 11.6 Å². The minimum Gasteiger partial charge on any atom is -0.436 e. The quantitative estimate of drug-likeness (QED) is 0.656. The van der Waals surface area contributed by atoms with Crippen LogP contribution in [0.5, 0.6) is 11.6 Å². The molecule has 0 unspecified atom stereocenters. The maximum absolute atomic E-state index is 5.91. The third-order valence-electron chi connectivity index (χ3n) is 2.26. The lowest BCUT2D eigenvalue weighted by Crippen LogP contribution is -1.97. The van der Waals surface area contributed by atoms with Gasteiger partial charge in [-0.2, -0.15) is 0 Å². The Labute approximate surface area is 104 Å². The third-order valence-corrected chi connectivity index (χ3v) is 2.47. The molecule has 5 heteroatoms. The number of hydrogen-bond donors (Lipinski definition) is 1. The van der Waals surface area contributed by atoms with Crippen molar-refractivity contribution < 1.29 is 4.74 Å². The zero-order valence-corrected chi connectivity index (χ0v) is 10.3. The van der Waals surface area contributed by atoms with Crippen molar-refractivity contribution in [3.63, 3.8) is 0 Å². The number of nitrogen functional groups attached to an aromatic ring is 1. The van der Waals surface area contributed by atoms with Gasteiger partial charge >= 0.3 is 0 Å². The van der Waals surface area contributed by atoms with Gasteiger partial charge in [-0.1, -0.05) is 17.7 Å². The summed E-state index contributed by atoms with van der Waals surface area (Å²) >= 11 is 5.75. The van der Waals surface area contributed by atoms with E-state index in [0.717, 1.165) is 11.1 Å². The molecule has 0 atom stereocenters. The molecular formula is C12H12ClN3O. The van der Waals surface area contributed by atoms with Crippen molar-refractivity contribution in [1.82, 2.24) is 9.97 Å². The molecule has 1 aromatic heterocycles. The topological polar surface area (TPSA) is 61.0 Å². The highest BCUT2D eigenvalue weighted by atomic mass is 35.5. The predicted octanol–water partition coefficient (Wildman–Crippen LogP) is 3.12. The summed E-state index contributed by atoms with van der Waals surface area (Å²) in [7, 11) is 0. The molecule has 4 nitrogen and oxygen atoms in total. The molecular weight excluding hydrogens is 238 g/mol. The van der Waals surface area contributed by atoms with Crippen LogP contribution in [0.2, 0.25) is 5.15 Å². The molecule has 0 aliphatic carbocycles. The Morgan fingerprint density at radius 3 is 2.59 bits per heavy atom. The standard InChI is InChI=1S/C12H12ClN3O/c1-7-3-8(2)12(9(14)4-7)17-11-5-10(13)15-6-16-11/h3-6H,14H2,1-2H3. The average molecular weight is 250 g/mol. The molecule has 0 saturated carbocycles. The van der Waals surface area contributed by atoms with Gasteiger partial charge in [0.05, 0.1) is 5.69 Å². The second kappa shape index (κ2) is 4.59. The predicted molar refractivity (Wildman–Crippen MR) is 67.4 cm³/mol. The largest absolute Gasteiger partial charge is 0.436 e. The van der Waals surface area contributed by atoms with E-state index in [4.69, 9.17) is 22.1 Å². The van der Waals surface area contributed by atoms with Crippen LogP contribution in [0.4, 0.5) is 5.69 Å². The molecule has 2 rings (SSSR count). The van der Waals surface area contributed by atoms with E-state index < -0.39 is 0 Å². The van der Waals surface area contributed by atoms with E-state index >= 15 is 0 Å². The fraction of sp³-hybridized carbons (Fsp3) is 0.167. The van der Waals surface area contributed by atoms with Crippen molar-refractivity contribution in [3.05, 3.63) is 40.8 Å². The van der Waals surface area contributed by atoms with Crippen LogP contribution in [0, 0.1) is 13.8 Å². The van der Waals surface area contributed by atoms with Gasteiger partial charge in [-0.05, 0) is 31.0 Å². The number of benzene rings is 1. The van der Waals surface area contributed by atoms with Gasteiger partial charge in [-0.3, -0.25) is 0 Å². The number of ether oxygens (including phenoxy) is 1. The Morgan fingerprint density at radius 1 is 1.18 bits per heavy atom. The van der Waals surface area contributed by atoms with Gasteiger partial charge in [0.2, 0.25) is 5.88 Å². The normalized spacial score (nSPS) is 10.3. The number of hydrogen-bond acceptors (Lipinski definition) is 4. The number of aromatic nitrogens is 2. The molecule has 0 fully saturated rings. The first kappa shape index (κ1) is 11.7. The summed E-state index contributed by atoms with van der Waals surface area (Å²) in [5, 5.41) is 0.332. The summed E-state index contributed by atoms with van der Waals surface area (Å²) in [5.74, 6) is 0.981. The second-order valence-electron chi connectivity index (χ2n) is 3.78. The van der Waals surface area contributed by atoms with Crippen LogP contribution >= 0.6 is 11.6 Å². The molecule has 0 aliphatic rings. The molecule has 17 heavy (non-hydrogen) atoms. The van der Waals surface area contributed by atoms with Crippen LogP contribution in [0.1, 0.15) is 11.1 Å². The Bertz CT molecular complexity index is 534. The fourth-order valence-electron chi connectivity index (χ4n) is 1.60. The summed E-state index contributed by atoms with van der Waals surface area (Å²) in [6.07, 6.45) is 1.34. The van der Waals surface area contributed by atoms with E-state index in [1.54, 1.807) is 6.07 Å². The first-order valence-corrected chi connectivity index (χ1v) is 5.46. The highest BCUT2D eigenvalue weighted by Crippen LogP contribution is 2.31. The van der Waals surface area contributed by atoms with Crippen LogP contribution in [0.25, 0.3) is 0 Å². The minimum absolute atomic E-state index is 0.332. The van der Waals surface area contributed by atoms with Gasteiger partial charge in [-0.25, -0.2) is 9.97 Å². The Hall–Kier alpha value is -1.81. The molecule has 2 aromatic rings. The summed E-state index contributed by atoms with van der Waals surface area (Å²) in [6, 6.07) is 5.39. The molecule has 1 heterocycles. The fourth-order valence-corrected chi connectivity index (χ4v) is 1.74. The maximum atomic E-state index is 5.91. The molecule has 88 valence electrons. The van der Waals surface area contributed by atoms with Crippen molar-refractivity contribution in [2.75, 3.05) is 5.73 Å². The molecule has 2 N–H and O–H groups in total. The van der Waals surface area contributed by atoms with Gasteiger partial charge < -0.3 is 10.5 Å². The first-order chi connectivity index (χ1) is 8.06. The Balaban J connectivity index is 2.36. The minimum atomic E-state index is 0.332. The first-order valence-electron chi connectivity index (χ1n) is 5.08. The van der Waals surface area contributed by atoms with Gasteiger partial charge in [-0.15, -0.1) is 0 Å². The number of aryl methyl sites for hydroxylation is 2. The van der Waals surface area contributed by atoms with Crippen molar-refractivity contribution in [2.24, 2.45) is 0 Å². The monoisotopic (exact) mass is 249 g/mol. The summed E-state index contributed by atoms with van der Waals surface area (Å²) in [5.41, 5.74) is 8.53. The van der Waals surface area contributed by atoms with Crippen molar-refractivity contribution in [1.29, 1.82) is 0 Å². The Morgan fingerprint density at radius 2 is 1.94 bits per heavy atom. The zero-order chi connectivity index (χ0) is 12.4. The molecule has 0 bridgehead atoms. The molecule has 0 spiro atoms. The van der Waals surface area contributed by atoms with Crippen LogP contribution in [-0.2, 0) is 0 Å². The molecule has 0 aliphatic heterocycles. The number of anilines is 1. The van der Waals surface area contributed by atoms with E-state index in [2.05, 4.69) is 9.97 Å². The van der Waals surface area contributed by atoms with E-state index in [0.29, 0.717) is 22.5 Å². The lowest BCUT2D eigenvalue weighted by Gasteiger charge is -2.11.